The SMILES string of the molecule is CCCCCC(CCCCC)CCCOC(=O)CCCCCCCCCP(CCCCCCCCCC(=O)OCCCC(CCCCC)CCCCC)CCCCN(C)C. The van der Waals surface area contributed by atoms with Crippen molar-refractivity contribution in [3.05, 3.63) is 0 Å². The van der Waals surface area contributed by atoms with Gasteiger partial charge in [0.2, 0.25) is 0 Å². The van der Waals surface area contributed by atoms with Crippen molar-refractivity contribution in [1.29, 1.82) is 0 Å². The van der Waals surface area contributed by atoms with E-state index < -0.39 is 0 Å². The van der Waals surface area contributed by atoms with E-state index in [1.54, 1.807) is 0 Å². The summed E-state index contributed by atoms with van der Waals surface area (Å²) >= 11 is 0. The lowest BCUT2D eigenvalue weighted by atomic mass is 9.91. The molecule has 0 radical (unpaired) electrons. The van der Waals surface area contributed by atoms with E-state index in [2.05, 4.69) is 46.7 Å². The van der Waals surface area contributed by atoms with Gasteiger partial charge in [0, 0.05) is 12.8 Å². The zero-order chi connectivity index (χ0) is 44.0. The lowest BCUT2D eigenvalue weighted by Gasteiger charge is -2.18. The summed E-state index contributed by atoms with van der Waals surface area (Å²) in [6.07, 6.45) is 52.0. The molecule has 0 atom stereocenters. The van der Waals surface area contributed by atoms with Crippen LogP contribution in [0.1, 0.15) is 272 Å². The summed E-state index contributed by atoms with van der Waals surface area (Å²) in [7, 11) is 4.57. The van der Waals surface area contributed by atoms with Crippen molar-refractivity contribution in [3.63, 3.8) is 0 Å². The second-order valence-electron chi connectivity index (χ2n) is 19.2. The van der Waals surface area contributed by atoms with Crippen LogP contribution in [-0.2, 0) is 19.1 Å². The second kappa shape index (κ2) is 47.8. The monoisotopic (exact) mass is 866 g/mol. The minimum Gasteiger partial charge on any atom is -0.466 e. The number of nitrogens with zero attached hydrogens (tertiary/aromatic N) is 1. The predicted molar refractivity (Wildman–Crippen MR) is 267 cm³/mol. The molecule has 60 heavy (non-hydrogen) atoms. The Labute approximate surface area is 378 Å². The third-order valence-electron chi connectivity index (χ3n) is 12.9. The van der Waals surface area contributed by atoms with Crippen LogP contribution in [0.4, 0.5) is 0 Å². The van der Waals surface area contributed by atoms with Crippen molar-refractivity contribution in [3.8, 4) is 0 Å². The van der Waals surface area contributed by atoms with Crippen LogP contribution in [0.2, 0.25) is 0 Å². The number of rotatable bonds is 49. The van der Waals surface area contributed by atoms with Crippen LogP contribution in [0.3, 0.4) is 0 Å². The summed E-state index contributed by atoms with van der Waals surface area (Å²) in [6, 6.07) is 0. The normalized spacial score (nSPS) is 11.8. The van der Waals surface area contributed by atoms with Gasteiger partial charge in [0.25, 0.3) is 0 Å². The van der Waals surface area contributed by atoms with Gasteiger partial charge in [-0.15, -0.1) is 7.92 Å². The molecule has 5 nitrogen and oxygen atoms in total. The zero-order valence-electron chi connectivity index (χ0n) is 41.8. The van der Waals surface area contributed by atoms with Crippen LogP contribution >= 0.6 is 7.92 Å². The first kappa shape index (κ1) is 59.3. The van der Waals surface area contributed by atoms with Crippen molar-refractivity contribution in [2.24, 2.45) is 11.8 Å². The average Bonchev–Trinajstić information content (AvgIpc) is 3.23. The fraction of sp³-hybridized carbons (Fsp3) is 0.963. The molecule has 0 amide bonds. The molecule has 0 rings (SSSR count). The van der Waals surface area contributed by atoms with E-state index in [1.165, 1.54) is 218 Å². The largest absolute Gasteiger partial charge is 0.466 e. The molecule has 0 saturated carbocycles. The molecule has 0 aromatic heterocycles. The van der Waals surface area contributed by atoms with E-state index in [0.29, 0.717) is 26.1 Å². The first-order valence-electron chi connectivity index (χ1n) is 27.0. The van der Waals surface area contributed by atoms with Gasteiger partial charge in [0.1, 0.15) is 0 Å². The summed E-state index contributed by atoms with van der Waals surface area (Å²) < 4.78 is 11.2. The van der Waals surface area contributed by atoms with Crippen molar-refractivity contribution in [2.75, 3.05) is 52.3 Å². The molecule has 0 fully saturated rings. The molecule has 358 valence electrons. The highest BCUT2D eigenvalue weighted by Gasteiger charge is 2.12. The van der Waals surface area contributed by atoms with Crippen LogP contribution < -0.4 is 0 Å². The Balaban J connectivity index is 4.03. The Morgan fingerprint density at radius 3 is 1.02 bits per heavy atom. The summed E-state index contributed by atoms with van der Waals surface area (Å²) in [5.41, 5.74) is 0. The van der Waals surface area contributed by atoms with E-state index in [-0.39, 0.29) is 19.9 Å². The molecule has 0 aliphatic rings. The van der Waals surface area contributed by atoms with Crippen molar-refractivity contribution >= 4 is 19.9 Å². The minimum atomic E-state index is 0.0243. The molecule has 0 spiro atoms. The highest BCUT2D eigenvalue weighted by Crippen LogP contribution is 2.39. The van der Waals surface area contributed by atoms with Gasteiger partial charge in [-0.05, 0) is 115 Å². The Bertz CT molecular complexity index is 802. The Morgan fingerprint density at radius 2 is 0.683 bits per heavy atom. The number of hydrogen-bond donors (Lipinski definition) is 0. The molecule has 0 saturated heterocycles. The summed E-state index contributed by atoms with van der Waals surface area (Å²) in [5.74, 6) is 1.69. The fourth-order valence-corrected chi connectivity index (χ4v) is 11.6. The Kier molecular flexibility index (Phi) is 47.3. The zero-order valence-corrected chi connectivity index (χ0v) is 42.7. The molecule has 0 aliphatic carbocycles. The standard InChI is InChI=1S/C54H108NO4P/c1-7-11-25-37-51(38-26-12-8-2)41-35-46-58-53(56)43-29-21-17-15-19-23-32-48-60(50-34-31-45-55(5)6)49-33-24-20-16-18-22-30-44-54(57)59-47-36-42-52(39-27-13-9-3)40-28-14-10-4/h51-52H,7-50H2,1-6H3. The topological polar surface area (TPSA) is 55.8 Å². The lowest BCUT2D eigenvalue weighted by molar-refractivity contribution is -0.144. The first-order chi connectivity index (χ1) is 29.4. The minimum absolute atomic E-state index is 0.0243. The quantitative estimate of drug-likeness (QED) is 0.0346. The molecular weight excluding hydrogens is 758 g/mol. The second-order valence-corrected chi connectivity index (χ2v) is 21.9. The lowest BCUT2D eigenvalue weighted by Crippen LogP contribution is -2.13. The number of unbranched alkanes of at least 4 members (excludes halogenated alkanes) is 21. The molecule has 0 aliphatic heterocycles. The smallest absolute Gasteiger partial charge is 0.305 e. The summed E-state index contributed by atoms with van der Waals surface area (Å²) in [4.78, 5) is 27.0. The molecule has 0 heterocycles. The highest BCUT2D eigenvalue weighted by atomic mass is 31.1. The fourth-order valence-electron chi connectivity index (χ4n) is 8.93. The number of ether oxygens (including phenoxy) is 2. The molecule has 0 N–H and O–H groups in total. The molecule has 0 unspecified atom stereocenters. The summed E-state index contributed by atoms with van der Waals surface area (Å²) in [6.45, 7) is 11.6. The highest BCUT2D eigenvalue weighted by molar-refractivity contribution is 7.57. The molecule has 6 heteroatoms. The first-order valence-corrected chi connectivity index (χ1v) is 28.9. The van der Waals surface area contributed by atoms with Gasteiger partial charge in [0.05, 0.1) is 13.2 Å². The number of carbonyl (C=O) groups is 2. The van der Waals surface area contributed by atoms with E-state index in [9.17, 15) is 9.59 Å². The predicted octanol–water partition coefficient (Wildman–Crippen LogP) is 17.3. The van der Waals surface area contributed by atoms with Crippen molar-refractivity contribution in [2.45, 2.75) is 272 Å². The van der Waals surface area contributed by atoms with Crippen molar-refractivity contribution < 1.29 is 19.1 Å². The van der Waals surface area contributed by atoms with Gasteiger partial charge in [0.15, 0.2) is 0 Å². The molecule has 0 bridgehead atoms. The van der Waals surface area contributed by atoms with Gasteiger partial charge in [-0.1, -0.05) is 195 Å². The maximum Gasteiger partial charge on any atom is 0.305 e. The van der Waals surface area contributed by atoms with Crippen LogP contribution in [0.5, 0.6) is 0 Å². The third kappa shape index (κ3) is 44.0. The number of esters is 2. The summed E-state index contributed by atoms with van der Waals surface area (Å²) in [5, 5.41) is 0. The van der Waals surface area contributed by atoms with E-state index in [0.717, 1.165) is 50.4 Å². The van der Waals surface area contributed by atoms with Gasteiger partial charge < -0.3 is 14.4 Å². The molecular formula is C54H108NO4P. The van der Waals surface area contributed by atoms with Gasteiger partial charge in [-0.2, -0.15) is 0 Å². The van der Waals surface area contributed by atoms with E-state index in [1.807, 2.05) is 0 Å². The molecule has 0 aromatic carbocycles. The maximum atomic E-state index is 12.3. The van der Waals surface area contributed by atoms with Gasteiger partial charge in [-0.3, -0.25) is 9.59 Å². The number of carbonyl (C=O) groups excluding carboxylic acids is 2. The van der Waals surface area contributed by atoms with Gasteiger partial charge in [-0.25, -0.2) is 0 Å². The average molecular weight is 866 g/mol. The van der Waals surface area contributed by atoms with Crippen LogP contribution in [0.15, 0.2) is 0 Å². The number of hydrogen-bond acceptors (Lipinski definition) is 5. The van der Waals surface area contributed by atoms with Crippen LogP contribution in [0.25, 0.3) is 0 Å². The Morgan fingerprint density at radius 1 is 0.383 bits per heavy atom. The third-order valence-corrected chi connectivity index (χ3v) is 15.8. The molecule has 0 aromatic rings. The van der Waals surface area contributed by atoms with Crippen molar-refractivity contribution in [1.82, 2.24) is 4.90 Å². The van der Waals surface area contributed by atoms with Gasteiger partial charge >= 0.3 is 11.9 Å². The maximum absolute atomic E-state index is 12.3. The van der Waals surface area contributed by atoms with E-state index in [4.69, 9.17) is 9.47 Å². The van der Waals surface area contributed by atoms with Crippen LogP contribution in [0, 0.1) is 11.8 Å². The Hall–Kier alpha value is -0.670. The van der Waals surface area contributed by atoms with E-state index >= 15 is 0 Å². The van der Waals surface area contributed by atoms with Crippen LogP contribution in [-0.4, -0.2) is 69.2 Å².